The zero-order chi connectivity index (χ0) is 47.2. The number of hydrogen-bond donors (Lipinski definition) is 3. The van der Waals surface area contributed by atoms with E-state index in [-0.39, 0.29) is 35.9 Å². The highest BCUT2D eigenvalue weighted by atomic mass is 16.5. The molecule has 0 bridgehead atoms. The molecule has 2 aromatic carbocycles. The van der Waals surface area contributed by atoms with Gasteiger partial charge in [-0.05, 0) is 119 Å². The summed E-state index contributed by atoms with van der Waals surface area (Å²) in [5.74, 6) is 3.29. The Labute approximate surface area is 404 Å². The fraction of sp³-hybridized carbons (Fsp3) is 0.604. The first-order valence-electron chi connectivity index (χ1n) is 25.5. The minimum absolute atomic E-state index is 0.0857. The van der Waals surface area contributed by atoms with Gasteiger partial charge >= 0.3 is 0 Å². The van der Waals surface area contributed by atoms with Crippen LogP contribution in [0.2, 0.25) is 0 Å². The molecule has 0 spiro atoms. The lowest BCUT2D eigenvalue weighted by molar-refractivity contribution is -0.140. The van der Waals surface area contributed by atoms with E-state index in [1.807, 2.05) is 62.4 Å². The van der Waals surface area contributed by atoms with E-state index in [9.17, 15) is 9.59 Å². The second-order valence-electron chi connectivity index (χ2n) is 19.7. The first-order chi connectivity index (χ1) is 33.2. The number of hydrogen-bond acceptors (Lipinski definition) is 12. The molecule has 3 N–H and O–H groups in total. The van der Waals surface area contributed by atoms with Crippen LogP contribution in [0.15, 0.2) is 73.1 Å². The van der Waals surface area contributed by atoms with Crippen LogP contribution in [0.3, 0.4) is 0 Å². The summed E-state index contributed by atoms with van der Waals surface area (Å²) < 4.78 is 20.1. The lowest BCUT2D eigenvalue weighted by Gasteiger charge is -2.41. The average molecular weight is 933 g/mol. The number of benzene rings is 2. The number of anilines is 2. The van der Waals surface area contributed by atoms with Gasteiger partial charge in [-0.3, -0.25) is 9.59 Å². The van der Waals surface area contributed by atoms with Crippen LogP contribution in [-0.4, -0.2) is 145 Å². The number of carbonyl (C=O) groups excluding carboxylic acids is 2. The minimum atomic E-state index is -0.431. The van der Waals surface area contributed by atoms with E-state index in [2.05, 4.69) is 72.0 Å². The van der Waals surface area contributed by atoms with Gasteiger partial charge in [0, 0.05) is 52.0 Å². The van der Waals surface area contributed by atoms with Crippen LogP contribution in [0.5, 0.6) is 5.75 Å². The molecule has 8 rings (SSSR count). The van der Waals surface area contributed by atoms with E-state index in [4.69, 9.17) is 24.3 Å². The number of aromatic nitrogens is 4. The Morgan fingerprint density at radius 3 is 2.38 bits per heavy atom. The van der Waals surface area contributed by atoms with Gasteiger partial charge in [0.1, 0.15) is 24.2 Å². The number of ether oxygens (including phenoxy) is 3. The van der Waals surface area contributed by atoms with Crippen molar-refractivity contribution in [2.24, 2.45) is 11.8 Å². The van der Waals surface area contributed by atoms with Gasteiger partial charge in [0.05, 0.1) is 56.0 Å². The van der Waals surface area contributed by atoms with Gasteiger partial charge in [0.15, 0.2) is 0 Å². The molecule has 2 aliphatic carbocycles. The Morgan fingerprint density at radius 1 is 0.853 bits per heavy atom. The Balaban J connectivity index is 0.696. The van der Waals surface area contributed by atoms with Gasteiger partial charge in [-0.2, -0.15) is 5.10 Å². The lowest BCUT2D eigenvalue weighted by Crippen LogP contribution is -2.58. The number of piperidine rings is 1. The maximum atomic E-state index is 14.2. The molecular weight excluding hydrogens is 857 g/mol. The topological polar surface area (TPSA) is 151 Å². The Hall–Kier alpha value is -5.09. The van der Waals surface area contributed by atoms with E-state index < -0.39 is 6.04 Å². The van der Waals surface area contributed by atoms with E-state index in [0.29, 0.717) is 50.9 Å². The predicted octanol–water partition coefficient (Wildman–Crippen LogP) is 6.43. The maximum Gasteiger partial charge on any atom is 0.245 e. The Bertz CT molecular complexity index is 2170. The van der Waals surface area contributed by atoms with Crippen molar-refractivity contribution in [1.82, 2.24) is 40.2 Å². The number of likely N-dealkylation sites (N-methyl/N-ethyl adjacent to an activating group) is 1. The highest BCUT2D eigenvalue weighted by Crippen LogP contribution is 2.35. The zero-order valence-electron chi connectivity index (χ0n) is 41.0. The monoisotopic (exact) mass is 933 g/mol. The number of fused-ring (bicyclic) bond motifs is 1. The molecule has 68 heavy (non-hydrogen) atoms. The molecule has 15 nitrogen and oxygen atoms in total. The van der Waals surface area contributed by atoms with Crippen molar-refractivity contribution < 1.29 is 23.8 Å². The summed E-state index contributed by atoms with van der Waals surface area (Å²) >= 11 is 0. The quantitative estimate of drug-likeness (QED) is 0.0746. The largest absolute Gasteiger partial charge is 0.491 e. The normalized spacial score (nSPS) is 22.0. The summed E-state index contributed by atoms with van der Waals surface area (Å²) in [6.07, 6.45) is 16.5. The van der Waals surface area contributed by atoms with Crippen LogP contribution < -0.4 is 25.6 Å². The third kappa shape index (κ3) is 13.2. The third-order valence-electron chi connectivity index (χ3n) is 14.8. The third-order valence-corrected chi connectivity index (χ3v) is 14.8. The number of carbonyl (C=O) groups is 2. The Morgan fingerprint density at radius 2 is 1.62 bits per heavy atom. The number of amides is 2. The van der Waals surface area contributed by atoms with E-state index >= 15 is 0 Å². The van der Waals surface area contributed by atoms with Gasteiger partial charge in [0.2, 0.25) is 17.8 Å². The molecule has 0 unspecified atom stereocenters. The average Bonchev–Trinajstić information content (AvgIpc) is 4.00. The van der Waals surface area contributed by atoms with Crippen molar-refractivity contribution in [3.8, 4) is 17.0 Å². The molecule has 15 heteroatoms. The second-order valence-corrected chi connectivity index (χ2v) is 19.7. The molecule has 2 aliphatic heterocycles. The highest BCUT2D eigenvalue weighted by Gasteiger charge is 2.44. The summed E-state index contributed by atoms with van der Waals surface area (Å²) in [5.41, 5.74) is 4.30. The van der Waals surface area contributed by atoms with Crippen LogP contribution in [0.4, 0.5) is 11.8 Å². The number of likely N-dealkylation sites (tertiary alicyclic amines) is 2. The number of nitrogens with one attached hydrogen (secondary N) is 3. The van der Waals surface area contributed by atoms with Crippen LogP contribution in [-0.2, 0) is 32.0 Å². The first kappa shape index (κ1) is 49.3. The van der Waals surface area contributed by atoms with Crippen LogP contribution in [0.1, 0.15) is 88.7 Å². The molecule has 4 aromatic rings. The predicted molar refractivity (Wildman–Crippen MR) is 267 cm³/mol. The fourth-order valence-electron chi connectivity index (χ4n) is 10.8. The second kappa shape index (κ2) is 24.5. The van der Waals surface area contributed by atoms with Crippen LogP contribution >= 0.6 is 0 Å². The van der Waals surface area contributed by atoms with Crippen LogP contribution in [0, 0.1) is 11.8 Å². The van der Waals surface area contributed by atoms with Crippen LogP contribution in [0.25, 0.3) is 11.3 Å². The fourth-order valence-corrected chi connectivity index (χ4v) is 10.8. The molecule has 0 radical (unpaired) electrons. The lowest BCUT2D eigenvalue weighted by atomic mass is 9.83. The molecule has 2 amide bonds. The highest BCUT2D eigenvalue weighted by molar-refractivity contribution is 5.90. The van der Waals surface area contributed by atoms with Gasteiger partial charge in [-0.15, -0.1) is 0 Å². The number of rotatable bonds is 22. The minimum Gasteiger partial charge on any atom is -0.491 e. The van der Waals surface area contributed by atoms with E-state index in [1.54, 1.807) is 7.05 Å². The summed E-state index contributed by atoms with van der Waals surface area (Å²) in [7, 11) is 5.87. The molecule has 4 atom stereocenters. The van der Waals surface area contributed by atoms with Gasteiger partial charge < -0.3 is 44.9 Å². The number of nitrogens with zero attached hydrogens (tertiary/aromatic N) is 7. The zero-order valence-corrected chi connectivity index (χ0v) is 41.0. The van der Waals surface area contributed by atoms with Gasteiger partial charge in [0.25, 0.3) is 0 Å². The van der Waals surface area contributed by atoms with Crippen molar-refractivity contribution >= 4 is 23.6 Å². The van der Waals surface area contributed by atoms with Gasteiger partial charge in [-0.1, -0.05) is 61.7 Å². The van der Waals surface area contributed by atoms with Crippen molar-refractivity contribution in [3.63, 3.8) is 0 Å². The summed E-state index contributed by atoms with van der Waals surface area (Å²) in [6.45, 7) is 8.34. The maximum absolute atomic E-state index is 14.2. The molecule has 2 aromatic heterocycles. The smallest absolute Gasteiger partial charge is 0.245 e. The summed E-state index contributed by atoms with van der Waals surface area (Å²) in [4.78, 5) is 43.5. The molecule has 4 fully saturated rings. The van der Waals surface area contributed by atoms with Gasteiger partial charge in [-0.25, -0.2) is 14.6 Å². The van der Waals surface area contributed by atoms with Crippen molar-refractivity contribution in [2.75, 3.05) is 84.0 Å². The molecular formula is C53H76N10O5. The standard InChI is InChI=1S/C53H76N10O5/c1-38(54-2)50(64)59-49(42-13-9-6-10-14-42)52(65)62-30-26-41-25-29-61(37-48(41)62)28-24-39-15-19-44(20-16-39)67-33-31-66-32-34-68-45-21-17-43(18-22-45)57-53-55-27-23-47(58-53)46-35-56-63(51(46)60(3)4)36-40-11-7-5-8-12-40/h5,7-8,11-12,15-16,19-20,23,27,35,38,41-43,45,48-49,54H,6,9-10,13-14,17-18,21-22,24-26,28-34,36-37H2,1-4H3,(H,59,64)(H,55,57,58)/t38-,41-,43-,45-,48-,49-/m0/s1. The van der Waals surface area contributed by atoms with E-state index in [0.717, 1.165) is 120 Å². The summed E-state index contributed by atoms with van der Waals surface area (Å²) in [6, 6.07) is 20.5. The SMILES string of the molecule is CN[C@@H](C)C(=O)N[C@H](C(=O)N1CC[C@@H]2CCN(CCc3ccc(OCCOCCO[C@H]4CC[C@H](Nc5nccc(-c6cnn(Cc7ccccc7)c6N(C)C)n5)CC4)cc3)C[C@@H]21)C1CCCCC1. The Kier molecular flexibility index (Phi) is 17.7. The van der Waals surface area contributed by atoms with Crippen molar-refractivity contribution in [2.45, 2.75) is 121 Å². The molecule has 2 saturated carbocycles. The molecule has 4 heterocycles. The summed E-state index contributed by atoms with van der Waals surface area (Å²) in [5, 5.41) is 14.5. The molecule has 4 aliphatic rings. The molecule has 2 saturated heterocycles. The van der Waals surface area contributed by atoms with Crippen molar-refractivity contribution in [3.05, 3.63) is 84.2 Å². The van der Waals surface area contributed by atoms with E-state index in [1.165, 1.54) is 17.5 Å². The first-order valence-corrected chi connectivity index (χ1v) is 25.5. The van der Waals surface area contributed by atoms with Crippen molar-refractivity contribution in [1.29, 1.82) is 0 Å². The molecule has 368 valence electrons.